The number of thioether (sulfide) groups is 1. The number of carbonyl (C=O) groups is 3. The van der Waals surface area contributed by atoms with Crippen LogP contribution in [0.3, 0.4) is 0 Å². The molecule has 0 atom stereocenters. The number of hydrogen-bond acceptors (Lipinski definition) is 4. The quantitative estimate of drug-likeness (QED) is 0.624. The molecule has 8 heteroatoms. The Morgan fingerprint density at radius 3 is 2.60 bits per heavy atom. The van der Waals surface area contributed by atoms with Crippen LogP contribution in [0.4, 0.5) is 14.9 Å². The molecule has 0 radical (unpaired) electrons. The van der Waals surface area contributed by atoms with E-state index in [9.17, 15) is 18.8 Å². The second-order valence-corrected chi connectivity index (χ2v) is 7.46. The van der Waals surface area contributed by atoms with E-state index in [4.69, 9.17) is 0 Å². The lowest BCUT2D eigenvalue weighted by Gasteiger charge is -2.12. The largest absolute Gasteiger partial charge is 0.324 e. The molecule has 0 bridgehead atoms. The Morgan fingerprint density at radius 2 is 1.83 bits per heavy atom. The number of nitrogens with zero attached hydrogens (tertiary/aromatic N) is 2. The lowest BCUT2D eigenvalue weighted by atomic mass is 10.3. The van der Waals surface area contributed by atoms with E-state index in [-0.39, 0.29) is 10.6 Å². The summed E-state index contributed by atoms with van der Waals surface area (Å²) in [6.07, 6.45) is 3.49. The Balaban J connectivity index is 1.49. The summed E-state index contributed by atoms with van der Waals surface area (Å²) in [6, 6.07) is 18.6. The van der Waals surface area contributed by atoms with Gasteiger partial charge >= 0.3 is 0 Å². The number of aromatic nitrogens is 1. The second-order valence-electron chi connectivity index (χ2n) is 6.46. The number of para-hydroxylation sites is 1. The molecule has 6 nitrogen and oxygen atoms in total. The van der Waals surface area contributed by atoms with Crippen molar-refractivity contribution in [3.05, 3.63) is 89.3 Å². The number of halogens is 1. The van der Waals surface area contributed by atoms with Crippen LogP contribution in [0, 0.1) is 5.82 Å². The van der Waals surface area contributed by atoms with Gasteiger partial charge in [0.05, 0.1) is 4.91 Å². The van der Waals surface area contributed by atoms with E-state index in [1.807, 2.05) is 53.2 Å². The summed E-state index contributed by atoms with van der Waals surface area (Å²) in [4.78, 5) is 38.3. The van der Waals surface area contributed by atoms with E-state index >= 15 is 0 Å². The zero-order valence-corrected chi connectivity index (χ0v) is 16.4. The molecule has 0 unspecified atom stereocenters. The second kappa shape index (κ2) is 8.38. The normalized spacial score (nSPS) is 15.1. The molecule has 0 spiro atoms. The van der Waals surface area contributed by atoms with Gasteiger partial charge in [0.15, 0.2) is 0 Å². The van der Waals surface area contributed by atoms with Gasteiger partial charge in [-0.15, -0.1) is 0 Å². The van der Waals surface area contributed by atoms with Crippen LogP contribution in [0.5, 0.6) is 0 Å². The van der Waals surface area contributed by atoms with Gasteiger partial charge < -0.3 is 9.88 Å². The number of hydrogen-bond donors (Lipinski definition) is 1. The molecule has 4 rings (SSSR count). The maximum absolute atomic E-state index is 13.3. The zero-order valence-electron chi connectivity index (χ0n) is 15.6. The van der Waals surface area contributed by atoms with Crippen molar-refractivity contribution < 1.29 is 18.8 Å². The number of imide groups is 1. The fourth-order valence-corrected chi connectivity index (χ4v) is 3.84. The third-order valence-corrected chi connectivity index (χ3v) is 5.28. The summed E-state index contributed by atoms with van der Waals surface area (Å²) in [7, 11) is 0. The van der Waals surface area contributed by atoms with Crippen molar-refractivity contribution >= 4 is 40.6 Å². The summed E-state index contributed by atoms with van der Waals surface area (Å²) in [5.41, 5.74) is 1.90. The lowest BCUT2D eigenvalue weighted by Crippen LogP contribution is -2.36. The van der Waals surface area contributed by atoms with Crippen molar-refractivity contribution in [3.63, 3.8) is 0 Å². The van der Waals surface area contributed by atoms with E-state index in [0.29, 0.717) is 0 Å². The first kappa shape index (κ1) is 19.7. The zero-order chi connectivity index (χ0) is 21.1. The summed E-state index contributed by atoms with van der Waals surface area (Å²) >= 11 is 0.780. The molecule has 2 heterocycles. The highest BCUT2D eigenvalue weighted by atomic mass is 32.2. The van der Waals surface area contributed by atoms with Gasteiger partial charge in [-0.3, -0.25) is 19.3 Å². The highest BCUT2D eigenvalue weighted by Gasteiger charge is 2.36. The molecule has 1 N–H and O–H groups in total. The van der Waals surface area contributed by atoms with Crippen molar-refractivity contribution in [2.75, 3.05) is 11.9 Å². The smallest absolute Gasteiger partial charge is 0.294 e. The Morgan fingerprint density at radius 1 is 1.03 bits per heavy atom. The van der Waals surface area contributed by atoms with Gasteiger partial charge in [-0.25, -0.2) is 4.39 Å². The lowest BCUT2D eigenvalue weighted by molar-refractivity contribution is -0.127. The fourth-order valence-electron chi connectivity index (χ4n) is 3.02. The average Bonchev–Trinajstić information content (AvgIpc) is 3.29. The van der Waals surface area contributed by atoms with Gasteiger partial charge in [0.25, 0.3) is 11.1 Å². The first-order chi connectivity index (χ1) is 14.5. The molecule has 3 aromatic rings. The predicted octanol–water partition coefficient (Wildman–Crippen LogP) is 4.29. The molecule has 1 saturated heterocycles. The van der Waals surface area contributed by atoms with Gasteiger partial charge in [0.2, 0.25) is 5.91 Å². The van der Waals surface area contributed by atoms with Crippen LogP contribution < -0.4 is 5.32 Å². The van der Waals surface area contributed by atoms with Gasteiger partial charge in [-0.1, -0.05) is 24.3 Å². The fraction of sp³-hybridized carbons (Fsp3) is 0.0455. The van der Waals surface area contributed by atoms with E-state index in [1.54, 1.807) is 6.08 Å². The van der Waals surface area contributed by atoms with Crippen LogP contribution in [-0.4, -0.2) is 33.1 Å². The Labute approximate surface area is 176 Å². The van der Waals surface area contributed by atoms with E-state index in [2.05, 4.69) is 5.32 Å². The average molecular weight is 421 g/mol. The van der Waals surface area contributed by atoms with E-state index in [0.717, 1.165) is 34.1 Å². The molecule has 30 heavy (non-hydrogen) atoms. The number of anilines is 1. The van der Waals surface area contributed by atoms with Crippen molar-refractivity contribution in [1.29, 1.82) is 0 Å². The van der Waals surface area contributed by atoms with Gasteiger partial charge in [-0.05, 0) is 60.3 Å². The van der Waals surface area contributed by atoms with Crippen LogP contribution in [0.2, 0.25) is 0 Å². The highest BCUT2D eigenvalue weighted by Crippen LogP contribution is 2.32. The number of benzene rings is 2. The Kier molecular flexibility index (Phi) is 5.49. The SMILES string of the molecule is O=C(CN1C(=O)S/C(=C/c2cccn2-c2ccccc2)C1=O)Nc1cccc(F)c1. The monoisotopic (exact) mass is 421 g/mol. The highest BCUT2D eigenvalue weighted by molar-refractivity contribution is 8.18. The summed E-state index contributed by atoms with van der Waals surface area (Å²) in [6.45, 7) is -0.446. The summed E-state index contributed by atoms with van der Waals surface area (Å²) in [5.74, 6) is -1.62. The minimum atomic E-state index is -0.586. The number of carbonyl (C=O) groups excluding carboxylic acids is 3. The van der Waals surface area contributed by atoms with Crippen molar-refractivity contribution in [2.24, 2.45) is 0 Å². The predicted molar refractivity (Wildman–Crippen MR) is 113 cm³/mol. The van der Waals surface area contributed by atoms with Crippen molar-refractivity contribution in [3.8, 4) is 5.69 Å². The number of rotatable bonds is 5. The molecular formula is C22H16FN3O3S. The molecule has 1 fully saturated rings. The standard InChI is InChI=1S/C22H16FN3O3S/c23-15-6-4-7-16(12-15)24-20(27)14-26-21(28)19(30-22(26)29)13-18-10-5-11-25(18)17-8-2-1-3-9-17/h1-13H,14H2,(H,24,27)/b19-13+. The molecule has 3 amide bonds. The molecule has 0 aliphatic carbocycles. The third-order valence-electron chi connectivity index (χ3n) is 4.38. The maximum atomic E-state index is 13.3. The molecule has 1 aromatic heterocycles. The van der Waals surface area contributed by atoms with Crippen molar-refractivity contribution in [1.82, 2.24) is 9.47 Å². The Bertz CT molecular complexity index is 1160. The topological polar surface area (TPSA) is 71.4 Å². The molecule has 0 saturated carbocycles. The Hall–Kier alpha value is -3.65. The van der Waals surface area contributed by atoms with Gasteiger partial charge in [0.1, 0.15) is 12.4 Å². The first-order valence-electron chi connectivity index (χ1n) is 9.05. The van der Waals surface area contributed by atoms with Gasteiger partial charge in [0, 0.05) is 23.3 Å². The maximum Gasteiger partial charge on any atom is 0.294 e. The van der Waals surface area contributed by atoms with Crippen LogP contribution in [-0.2, 0) is 9.59 Å². The van der Waals surface area contributed by atoms with Crippen LogP contribution in [0.1, 0.15) is 5.69 Å². The molecule has 1 aliphatic rings. The van der Waals surface area contributed by atoms with Gasteiger partial charge in [-0.2, -0.15) is 0 Å². The van der Waals surface area contributed by atoms with Crippen LogP contribution in [0.15, 0.2) is 77.8 Å². The van der Waals surface area contributed by atoms with E-state index in [1.165, 1.54) is 18.2 Å². The third kappa shape index (κ3) is 4.18. The molecular weight excluding hydrogens is 405 g/mol. The summed E-state index contributed by atoms with van der Waals surface area (Å²) < 4.78 is 15.1. The molecule has 2 aromatic carbocycles. The van der Waals surface area contributed by atoms with Crippen LogP contribution in [0.25, 0.3) is 11.8 Å². The first-order valence-corrected chi connectivity index (χ1v) is 9.86. The van der Waals surface area contributed by atoms with Crippen molar-refractivity contribution in [2.45, 2.75) is 0 Å². The molecule has 150 valence electrons. The summed E-state index contributed by atoms with van der Waals surface area (Å²) in [5, 5.41) is 1.95. The minimum absolute atomic E-state index is 0.231. The number of nitrogens with one attached hydrogen (secondary N) is 1. The minimum Gasteiger partial charge on any atom is -0.324 e. The number of amides is 3. The molecule has 1 aliphatic heterocycles. The van der Waals surface area contributed by atoms with Crippen LogP contribution >= 0.6 is 11.8 Å². The van der Waals surface area contributed by atoms with E-state index < -0.39 is 29.4 Å².